The minimum Gasteiger partial charge on any atom is -0.495 e. The second-order valence-electron chi connectivity index (χ2n) is 7.14. The first kappa shape index (κ1) is 19.9. The highest BCUT2D eigenvalue weighted by Crippen LogP contribution is 2.24. The van der Waals surface area contributed by atoms with Crippen molar-refractivity contribution in [2.45, 2.75) is 39.0 Å². The van der Waals surface area contributed by atoms with Crippen molar-refractivity contribution >= 4 is 17.5 Å². The van der Waals surface area contributed by atoms with Gasteiger partial charge in [-0.1, -0.05) is 30.3 Å². The standard InChI is InChI=1S/C23H28N2O3/c1-3-25(16-22(26)24-20-10-6-7-11-21(20)28-2)23(27)15-17-12-13-18-8-4-5-9-19(18)14-17/h6-7,10-14H,3-5,8-9,15-16H2,1-2H3,(H,24,26). The summed E-state index contributed by atoms with van der Waals surface area (Å²) in [5, 5.41) is 2.83. The predicted octanol–water partition coefficient (Wildman–Crippen LogP) is 3.60. The number of amides is 2. The predicted molar refractivity (Wildman–Crippen MR) is 111 cm³/mol. The third-order valence-electron chi connectivity index (χ3n) is 5.22. The van der Waals surface area contributed by atoms with Crippen LogP contribution >= 0.6 is 0 Å². The van der Waals surface area contributed by atoms with Crippen LogP contribution in [-0.4, -0.2) is 36.9 Å². The van der Waals surface area contributed by atoms with Crippen molar-refractivity contribution in [3.05, 3.63) is 59.2 Å². The number of para-hydroxylation sites is 2. The minimum absolute atomic E-state index is 0.0261. The number of nitrogens with zero attached hydrogens (tertiary/aromatic N) is 1. The second kappa shape index (κ2) is 9.40. The summed E-state index contributed by atoms with van der Waals surface area (Å²) in [5.74, 6) is 0.331. The molecule has 0 unspecified atom stereocenters. The molecule has 0 fully saturated rings. The van der Waals surface area contributed by atoms with E-state index >= 15 is 0 Å². The number of benzene rings is 2. The first-order valence-corrected chi connectivity index (χ1v) is 9.92. The van der Waals surface area contributed by atoms with Gasteiger partial charge in [-0.25, -0.2) is 0 Å². The zero-order chi connectivity index (χ0) is 19.9. The molecule has 2 aromatic carbocycles. The molecule has 0 saturated heterocycles. The van der Waals surface area contributed by atoms with E-state index in [1.54, 1.807) is 24.1 Å². The SMILES string of the molecule is CCN(CC(=O)Nc1ccccc1OC)C(=O)Cc1ccc2c(c1)CCCC2. The molecule has 0 aliphatic heterocycles. The molecule has 148 valence electrons. The van der Waals surface area contributed by atoms with Crippen molar-refractivity contribution in [3.63, 3.8) is 0 Å². The van der Waals surface area contributed by atoms with Gasteiger partial charge in [0.1, 0.15) is 5.75 Å². The number of rotatable bonds is 7. The summed E-state index contributed by atoms with van der Waals surface area (Å²) in [4.78, 5) is 26.8. The minimum atomic E-state index is -0.231. The first-order chi connectivity index (χ1) is 13.6. The van der Waals surface area contributed by atoms with Gasteiger partial charge in [0.2, 0.25) is 11.8 Å². The maximum atomic E-state index is 12.7. The molecule has 0 radical (unpaired) electrons. The summed E-state index contributed by atoms with van der Waals surface area (Å²) in [5.41, 5.74) is 4.40. The van der Waals surface area contributed by atoms with Crippen LogP contribution in [0.2, 0.25) is 0 Å². The lowest BCUT2D eigenvalue weighted by Gasteiger charge is -2.22. The highest BCUT2D eigenvalue weighted by molar-refractivity contribution is 5.95. The molecular weight excluding hydrogens is 352 g/mol. The lowest BCUT2D eigenvalue weighted by atomic mass is 9.90. The average molecular weight is 380 g/mol. The van der Waals surface area contributed by atoms with Crippen LogP contribution in [0.3, 0.4) is 0 Å². The summed E-state index contributed by atoms with van der Waals surface area (Å²) in [7, 11) is 1.56. The maximum Gasteiger partial charge on any atom is 0.244 e. The highest BCUT2D eigenvalue weighted by atomic mass is 16.5. The lowest BCUT2D eigenvalue weighted by molar-refractivity contribution is -0.133. The van der Waals surface area contributed by atoms with Crippen LogP contribution in [0.25, 0.3) is 0 Å². The Hall–Kier alpha value is -2.82. The van der Waals surface area contributed by atoms with Gasteiger partial charge in [-0.2, -0.15) is 0 Å². The van der Waals surface area contributed by atoms with Gasteiger partial charge in [-0.05, 0) is 61.4 Å². The van der Waals surface area contributed by atoms with Crippen LogP contribution in [-0.2, 0) is 28.9 Å². The fraction of sp³-hybridized carbons (Fsp3) is 0.391. The number of hydrogen-bond donors (Lipinski definition) is 1. The molecule has 1 aliphatic carbocycles. The summed E-state index contributed by atoms with van der Waals surface area (Å²) in [6.07, 6.45) is 5.01. The number of hydrogen-bond acceptors (Lipinski definition) is 3. The maximum absolute atomic E-state index is 12.7. The van der Waals surface area contributed by atoms with E-state index in [1.807, 2.05) is 25.1 Å². The van der Waals surface area contributed by atoms with Crippen molar-refractivity contribution in [1.29, 1.82) is 0 Å². The van der Waals surface area contributed by atoms with E-state index < -0.39 is 0 Å². The number of nitrogens with one attached hydrogen (secondary N) is 1. The van der Waals surface area contributed by atoms with E-state index in [9.17, 15) is 9.59 Å². The van der Waals surface area contributed by atoms with Crippen LogP contribution in [0.4, 0.5) is 5.69 Å². The number of fused-ring (bicyclic) bond motifs is 1. The van der Waals surface area contributed by atoms with Gasteiger partial charge in [-0.3, -0.25) is 9.59 Å². The average Bonchev–Trinajstić information content (AvgIpc) is 2.72. The normalized spacial score (nSPS) is 12.8. The zero-order valence-corrected chi connectivity index (χ0v) is 16.7. The van der Waals surface area contributed by atoms with E-state index in [0.29, 0.717) is 24.4 Å². The molecule has 2 amide bonds. The van der Waals surface area contributed by atoms with Gasteiger partial charge in [-0.15, -0.1) is 0 Å². The van der Waals surface area contributed by atoms with E-state index in [1.165, 1.54) is 24.0 Å². The fourth-order valence-electron chi connectivity index (χ4n) is 3.67. The molecule has 5 nitrogen and oxygen atoms in total. The van der Waals surface area contributed by atoms with Crippen molar-refractivity contribution in [2.75, 3.05) is 25.5 Å². The highest BCUT2D eigenvalue weighted by Gasteiger charge is 2.18. The molecule has 2 aromatic rings. The summed E-state index contributed by atoms with van der Waals surface area (Å²) in [6.45, 7) is 2.41. The van der Waals surface area contributed by atoms with Gasteiger partial charge in [0.15, 0.2) is 0 Å². The van der Waals surface area contributed by atoms with Crippen molar-refractivity contribution in [3.8, 4) is 5.75 Å². The molecule has 28 heavy (non-hydrogen) atoms. The van der Waals surface area contributed by atoms with Gasteiger partial charge in [0, 0.05) is 6.54 Å². The third-order valence-corrected chi connectivity index (χ3v) is 5.22. The van der Waals surface area contributed by atoms with E-state index in [0.717, 1.165) is 18.4 Å². The summed E-state index contributed by atoms with van der Waals surface area (Å²) in [6, 6.07) is 13.6. The topological polar surface area (TPSA) is 58.6 Å². The molecule has 0 atom stereocenters. The van der Waals surface area contributed by atoms with Gasteiger partial charge < -0.3 is 15.0 Å². The van der Waals surface area contributed by atoms with E-state index in [-0.39, 0.29) is 18.4 Å². The molecule has 0 bridgehead atoms. The Balaban J connectivity index is 1.61. The van der Waals surface area contributed by atoms with E-state index in [2.05, 4.69) is 17.4 Å². The Labute approximate surface area is 166 Å². The van der Waals surface area contributed by atoms with Gasteiger partial charge in [0.05, 0.1) is 25.8 Å². The number of methoxy groups -OCH3 is 1. The molecular formula is C23H28N2O3. The van der Waals surface area contributed by atoms with Crippen molar-refractivity contribution < 1.29 is 14.3 Å². The molecule has 1 N–H and O–H groups in total. The molecule has 0 heterocycles. The van der Waals surface area contributed by atoms with Crippen molar-refractivity contribution in [2.24, 2.45) is 0 Å². The Morgan fingerprint density at radius 3 is 2.57 bits per heavy atom. The van der Waals surface area contributed by atoms with Gasteiger partial charge >= 0.3 is 0 Å². The first-order valence-electron chi connectivity index (χ1n) is 9.92. The smallest absolute Gasteiger partial charge is 0.244 e. The molecule has 0 spiro atoms. The van der Waals surface area contributed by atoms with Crippen LogP contribution in [0.1, 0.15) is 36.5 Å². The fourth-order valence-corrected chi connectivity index (χ4v) is 3.67. The Morgan fingerprint density at radius 1 is 1.07 bits per heavy atom. The number of aryl methyl sites for hydroxylation is 2. The quantitative estimate of drug-likeness (QED) is 0.798. The molecule has 3 rings (SSSR count). The van der Waals surface area contributed by atoms with Crippen LogP contribution in [0.15, 0.2) is 42.5 Å². The Kier molecular flexibility index (Phi) is 6.69. The number of carbonyl (C=O) groups is 2. The number of carbonyl (C=O) groups excluding carboxylic acids is 2. The molecule has 5 heteroatoms. The van der Waals surface area contributed by atoms with Crippen LogP contribution < -0.4 is 10.1 Å². The molecule has 0 saturated carbocycles. The third kappa shape index (κ3) is 4.91. The monoisotopic (exact) mass is 380 g/mol. The number of likely N-dealkylation sites (N-methyl/N-ethyl adjacent to an activating group) is 1. The molecule has 1 aliphatic rings. The number of ether oxygens (including phenoxy) is 1. The van der Waals surface area contributed by atoms with Crippen LogP contribution in [0, 0.1) is 0 Å². The second-order valence-corrected chi connectivity index (χ2v) is 7.14. The molecule has 0 aromatic heterocycles. The largest absolute Gasteiger partial charge is 0.495 e. The summed E-state index contributed by atoms with van der Waals surface area (Å²) < 4.78 is 5.25. The van der Waals surface area contributed by atoms with Crippen molar-refractivity contribution in [1.82, 2.24) is 4.90 Å². The van der Waals surface area contributed by atoms with Crippen LogP contribution in [0.5, 0.6) is 5.75 Å². The van der Waals surface area contributed by atoms with Gasteiger partial charge in [0.25, 0.3) is 0 Å². The summed E-state index contributed by atoms with van der Waals surface area (Å²) >= 11 is 0. The Morgan fingerprint density at radius 2 is 1.82 bits per heavy atom. The Bertz CT molecular complexity index is 847. The number of anilines is 1. The lowest BCUT2D eigenvalue weighted by Crippen LogP contribution is -2.38. The van der Waals surface area contributed by atoms with E-state index in [4.69, 9.17) is 4.74 Å². The zero-order valence-electron chi connectivity index (χ0n) is 16.7.